The van der Waals surface area contributed by atoms with Crippen molar-refractivity contribution in [2.45, 2.75) is 9.34 Å². The number of ether oxygens (including phenoxy) is 2. The van der Waals surface area contributed by atoms with Gasteiger partial charge in [-0.05, 0) is 17.7 Å². The predicted molar refractivity (Wildman–Crippen MR) is 90.0 cm³/mol. The molecule has 0 saturated heterocycles. The lowest BCUT2D eigenvalue weighted by Crippen LogP contribution is -2.30. The summed E-state index contributed by atoms with van der Waals surface area (Å²) >= 11 is 2.47. The SMILES string of the molecule is C=COC1=CC2(I)C=CC=CC2c2cccc(OC)c21. The lowest BCUT2D eigenvalue weighted by Gasteiger charge is -2.37. The first-order chi connectivity index (χ1) is 9.69. The van der Waals surface area contributed by atoms with Crippen LogP contribution in [-0.2, 0) is 4.74 Å². The fourth-order valence-electron chi connectivity index (χ4n) is 2.81. The average molecular weight is 378 g/mol. The van der Waals surface area contributed by atoms with Crippen molar-refractivity contribution in [3.63, 3.8) is 0 Å². The highest BCUT2D eigenvalue weighted by molar-refractivity contribution is 14.1. The van der Waals surface area contributed by atoms with Gasteiger partial charge in [-0.25, -0.2) is 0 Å². The van der Waals surface area contributed by atoms with Crippen molar-refractivity contribution < 1.29 is 9.47 Å². The highest BCUT2D eigenvalue weighted by atomic mass is 127. The van der Waals surface area contributed by atoms with E-state index in [1.807, 2.05) is 12.1 Å². The van der Waals surface area contributed by atoms with Crippen LogP contribution in [0.25, 0.3) is 5.76 Å². The molecule has 0 aromatic heterocycles. The number of fused-ring (bicyclic) bond motifs is 3. The van der Waals surface area contributed by atoms with E-state index < -0.39 is 0 Å². The molecule has 2 atom stereocenters. The Balaban J connectivity index is 2.26. The lowest BCUT2D eigenvalue weighted by molar-refractivity contribution is 0.396. The topological polar surface area (TPSA) is 18.5 Å². The van der Waals surface area contributed by atoms with Crippen molar-refractivity contribution >= 4 is 28.4 Å². The van der Waals surface area contributed by atoms with Gasteiger partial charge in [0.15, 0.2) is 0 Å². The molecule has 3 rings (SSSR count). The number of hydrogen-bond acceptors (Lipinski definition) is 2. The van der Waals surface area contributed by atoms with Crippen LogP contribution in [0.4, 0.5) is 0 Å². The quantitative estimate of drug-likeness (QED) is 0.435. The Morgan fingerprint density at radius 2 is 2.20 bits per heavy atom. The Hall–Kier alpha value is -1.49. The third-order valence-corrected chi connectivity index (χ3v) is 5.01. The Kier molecular flexibility index (Phi) is 3.46. The van der Waals surface area contributed by atoms with Crippen molar-refractivity contribution in [3.8, 4) is 5.75 Å². The van der Waals surface area contributed by atoms with E-state index in [1.165, 1.54) is 11.8 Å². The first-order valence-corrected chi connectivity index (χ1v) is 7.50. The molecule has 0 N–H and O–H groups in total. The summed E-state index contributed by atoms with van der Waals surface area (Å²) in [6.45, 7) is 3.67. The van der Waals surface area contributed by atoms with E-state index >= 15 is 0 Å². The molecular weight excluding hydrogens is 363 g/mol. The van der Waals surface area contributed by atoms with E-state index in [1.54, 1.807) is 7.11 Å². The monoisotopic (exact) mass is 378 g/mol. The first kappa shape index (κ1) is 13.5. The molecule has 1 aromatic carbocycles. The van der Waals surface area contributed by atoms with Gasteiger partial charge in [0.2, 0.25) is 0 Å². The van der Waals surface area contributed by atoms with Crippen LogP contribution in [0.5, 0.6) is 5.75 Å². The zero-order valence-electron chi connectivity index (χ0n) is 11.2. The predicted octanol–water partition coefficient (Wildman–Crippen LogP) is 4.59. The van der Waals surface area contributed by atoms with Crippen LogP contribution in [0, 0.1) is 0 Å². The van der Waals surface area contributed by atoms with Gasteiger partial charge >= 0.3 is 0 Å². The summed E-state index contributed by atoms with van der Waals surface area (Å²) in [4.78, 5) is 0. The third kappa shape index (κ3) is 2.00. The van der Waals surface area contributed by atoms with Crippen molar-refractivity contribution in [2.24, 2.45) is 0 Å². The van der Waals surface area contributed by atoms with Crippen molar-refractivity contribution in [1.29, 1.82) is 0 Å². The summed E-state index contributed by atoms with van der Waals surface area (Å²) in [5.41, 5.74) is 2.24. The standard InChI is InChI=1S/C17H15IO2/c1-3-20-15-11-17(18)10-5-4-8-13(17)12-7-6-9-14(19-2)16(12)15/h3-11,13H,1H2,2H3. The van der Waals surface area contributed by atoms with Crippen LogP contribution in [0.15, 0.2) is 61.4 Å². The zero-order chi connectivity index (χ0) is 14.2. The van der Waals surface area contributed by atoms with Crippen molar-refractivity contribution in [1.82, 2.24) is 0 Å². The fourth-order valence-corrected chi connectivity index (χ4v) is 3.84. The average Bonchev–Trinajstić information content (AvgIpc) is 2.46. The molecule has 0 radical (unpaired) electrons. The highest BCUT2D eigenvalue weighted by Crippen LogP contribution is 2.51. The van der Waals surface area contributed by atoms with Gasteiger partial charge in [0.1, 0.15) is 11.5 Å². The molecule has 2 aliphatic rings. The molecular formula is C17H15IO2. The van der Waals surface area contributed by atoms with Crippen LogP contribution < -0.4 is 4.74 Å². The molecule has 0 aliphatic heterocycles. The van der Waals surface area contributed by atoms with Crippen LogP contribution in [0.2, 0.25) is 0 Å². The normalized spacial score (nSPS) is 26.3. The lowest BCUT2D eigenvalue weighted by atomic mass is 9.76. The number of hydrogen-bond donors (Lipinski definition) is 0. The Morgan fingerprint density at radius 3 is 2.95 bits per heavy atom. The maximum Gasteiger partial charge on any atom is 0.135 e. The van der Waals surface area contributed by atoms with Gasteiger partial charge in [-0.2, -0.15) is 0 Å². The van der Waals surface area contributed by atoms with Crippen molar-refractivity contribution in [2.75, 3.05) is 7.11 Å². The summed E-state index contributed by atoms with van der Waals surface area (Å²) in [5, 5.41) is 0. The van der Waals surface area contributed by atoms with Crippen LogP contribution in [-0.4, -0.2) is 10.5 Å². The molecule has 2 aliphatic carbocycles. The number of alkyl halides is 1. The number of benzene rings is 1. The molecule has 102 valence electrons. The van der Waals surface area contributed by atoms with Gasteiger partial charge in [0.25, 0.3) is 0 Å². The fraction of sp³-hybridized carbons (Fsp3) is 0.176. The second-order valence-electron chi connectivity index (χ2n) is 4.77. The van der Waals surface area contributed by atoms with E-state index in [0.29, 0.717) is 0 Å². The summed E-state index contributed by atoms with van der Waals surface area (Å²) in [6.07, 6.45) is 12.2. The molecule has 0 heterocycles. The molecule has 0 spiro atoms. The minimum absolute atomic E-state index is 0.107. The summed E-state index contributed by atoms with van der Waals surface area (Å²) in [7, 11) is 1.68. The van der Waals surface area contributed by atoms with Crippen molar-refractivity contribution in [3.05, 3.63) is 72.5 Å². The van der Waals surface area contributed by atoms with Gasteiger partial charge in [0, 0.05) is 5.92 Å². The summed E-state index contributed by atoms with van der Waals surface area (Å²) in [6, 6.07) is 6.12. The molecule has 2 nitrogen and oxygen atoms in total. The zero-order valence-corrected chi connectivity index (χ0v) is 13.3. The Bertz CT molecular complexity index is 642. The molecule has 20 heavy (non-hydrogen) atoms. The smallest absolute Gasteiger partial charge is 0.135 e. The summed E-state index contributed by atoms with van der Waals surface area (Å²) < 4.78 is 11.0. The molecule has 2 unspecified atom stereocenters. The van der Waals surface area contributed by atoms with E-state index in [9.17, 15) is 0 Å². The van der Waals surface area contributed by atoms with E-state index in [-0.39, 0.29) is 9.34 Å². The number of halogens is 1. The second-order valence-corrected chi connectivity index (χ2v) is 6.64. The Morgan fingerprint density at radius 1 is 1.35 bits per heavy atom. The van der Waals surface area contributed by atoms with Gasteiger partial charge in [-0.3, -0.25) is 0 Å². The number of methoxy groups -OCH3 is 1. The van der Waals surface area contributed by atoms with E-state index in [2.05, 4.69) is 65.6 Å². The third-order valence-electron chi connectivity index (χ3n) is 3.67. The van der Waals surface area contributed by atoms with Crippen LogP contribution >= 0.6 is 22.6 Å². The highest BCUT2D eigenvalue weighted by Gasteiger charge is 2.40. The van der Waals surface area contributed by atoms with Gasteiger partial charge in [0.05, 0.1) is 22.4 Å². The Labute approximate surface area is 132 Å². The van der Waals surface area contributed by atoms with E-state index in [4.69, 9.17) is 9.47 Å². The maximum atomic E-state index is 5.65. The van der Waals surface area contributed by atoms with Crippen LogP contribution in [0.1, 0.15) is 17.0 Å². The van der Waals surface area contributed by atoms with Gasteiger partial charge < -0.3 is 9.47 Å². The molecule has 1 aromatic rings. The summed E-state index contributed by atoms with van der Waals surface area (Å²) in [5.74, 6) is 1.92. The number of rotatable bonds is 3. The maximum absolute atomic E-state index is 5.65. The molecule has 0 saturated carbocycles. The van der Waals surface area contributed by atoms with Gasteiger partial charge in [-0.15, -0.1) is 0 Å². The van der Waals surface area contributed by atoms with Gasteiger partial charge in [-0.1, -0.05) is 65.6 Å². The molecule has 0 fully saturated rings. The molecule has 0 bridgehead atoms. The van der Waals surface area contributed by atoms with E-state index in [0.717, 1.165) is 17.1 Å². The minimum atomic E-state index is -0.107. The number of allylic oxidation sites excluding steroid dienone is 5. The second kappa shape index (κ2) is 5.13. The van der Waals surface area contributed by atoms with Crippen LogP contribution in [0.3, 0.4) is 0 Å². The first-order valence-electron chi connectivity index (χ1n) is 6.42. The molecule has 3 heteroatoms. The largest absolute Gasteiger partial charge is 0.496 e. The molecule has 0 amide bonds. The minimum Gasteiger partial charge on any atom is -0.496 e.